The van der Waals surface area contributed by atoms with E-state index in [1.807, 2.05) is 0 Å². The molecule has 2 N–H and O–H groups in total. The number of nitrogens with one attached hydrogen (secondary N) is 1. The SMILES string of the molecule is OC(CNC1CCc2ccc(F)cc21)c1ccc(OC(F)F)cc1. The first-order valence-electron chi connectivity index (χ1n) is 7.77. The number of rotatable bonds is 6. The van der Waals surface area contributed by atoms with Gasteiger partial charge >= 0.3 is 6.61 Å². The number of hydrogen-bond acceptors (Lipinski definition) is 3. The first-order chi connectivity index (χ1) is 11.5. The molecule has 0 amide bonds. The molecule has 0 spiro atoms. The molecule has 0 aliphatic heterocycles. The summed E-state index contributed by atoms with van der Waals surface area (Å²) in [5.41, 5.74) is 2.65. The van der Waals surface area contributed by atoms with Gasteiger partial charge in [0.25, 0.3) is 0 Å². The number of alkyl halides is 2. The van der Waals surface area contributed by atoms with Crippen molar-refractivity contribution in [2.24, 2.45) is 0 Å². The highest BCUT2D eigenvalue weighted by Crippen LogP contribution is 2.32. The zero-order chi connectivity index (χ0) is 17.1. The first kappa shape index (κ1) is 16.8. The van der Waals surface area contributed by atoms with Crippen molar-refractivity contribution in [2.45, 2.75) is 31.6 Å². The normalized spacial score (nSPS) is 17.8. The molecule has 0 fully saturated rings. The molecule has 2 aromatic carbocycles. The van der Waals surface area contributed by atoms with Crippen LogP contribution in [0.5, 0.6) is 5.75 Å². The third kappa shape index (κ3) is 3.88. The number of halogens is 3. The third-order valence-electron chi connectivity index (χ3n) is 4.23. The maximum atomic E-state index is 13.4. The standard InChI is InChI=1S/C18H18F3NO2/c19-13-5-1-11-4-8-16(15(11)9-13)22-10-17(23)12-2-6-14(7-3-12)24-18(20)21/h1-3,5-7,9,16-18,22-23H,4,8,10H2. The average molecular weight is 337 g/mol. The second-order valence-electron chi connectivity index (χ2n) is 5.81. The van der Waals surface area contributed by atoms with E-state index in [1.165, 1.54) is 24.3 Å². The van der Waals surface area contributed by atoms with E-state index in [9.17, 15) is 18.3 Å². The van der Waals surface area contributed by atoms with Gasteiger partial charge in [-0.3, -0.25) is 0 Å². The van der Waals surface area contributed by atoms with Crippen LogP contribution in [0.3, 0.4) is 0 Å². The molecule has 6 heteroatoms. The van der Waals surface area contributed by atoms with Gasteiger partial charge < -0.3 is 15.2 Å². The Hall–Kier alpha value is -2.05. The fraction of sp³-hybridized carbons (Fsp3) is 0.333. The fourth-order valence-electron chi connectivity index (χ4n) is 3.03. The van der Waals surface area contributed by atoms with Crippen LogP contribution in [0.4, 0.5) is 13.2 Å². The lowest BCUT2D eigenvalue weighted by atomic mass is 10.1. The molecule has 0 radical (unpaired) electrons. The molecule has 24 heavy (non-hydrogen) atoms. The maximum absolute atomic E-state index is 13.4. The van der Waals surface area contributed by atoms with Gasteiger partial charge in [-0.05, 0) is 53.8 Å². The molecule has 0 bridgehead atoms. The van der Waals surface area contributed by atoms with Crippen LogP contribution >= 0.6 is 0 Å². The maximum Gasteiger partial charge on any atom is 0.387 e. The number of aliphatic hydroxyl groups excluding tert-OH is 1. The highest BCUT2D eigenvalue weighted by Gasteiger charge is 2.23. The monoisotopic (exact) mass is 337 g/mol. The van der Waals surface area contributed by atoms with Gasteiger partial charge in [-0.1, -0.05) is 18.2 Å². The van der Waals surface area contributed by atoms with Crippen LogP contribution in [0.2, 0.25) is 0 Å². The summed E-state index contributed by atoms with van der Waals surface area (Å²) < 4.78 is 41.9. The van der Waals surface area contributed by atoms with E-state index in [2.05, 4.69) is 10.1 Å². The lowest BCUT2D eigenvalue weighted by Gasteiger charge is -2.18. The van der Waals surface area contributed by atoms with Crippen LogP contribution in [0, 0.1) is 5.82 Å². The molecule has 0 heterocycles. The molecule has 2 aromatic rings. The van der Waals surface area contributed by atoms with Gasteiger partial charge in [0.05, 0.1) is 6.10 Å². The molecule has 128 valence electrons. The van der Waals surface area contributed by atoms with Crippen LogP contribution in [0.25, 0.3) is 0 Å². The van der Waals surface area contributed by atoms with Gasteiger partial charge in [0.1, 0.15) is 11.6 Å². The molecule has 2 unspecified atom stereocenters. The Balaban J connectivity index is 1.58. The Morgan fingerprint density at radius 3 is 2.62 bits per heavy atom. The quantitative estimate of drug-likeness (QED) is 0.844. The number of benzene rings is 2. The Labute approximate surface area is 138 Å². The number of hydrogen-bond donors (Lipinski definition) is 2. The average Bonchev–Trinajstić information content (AvgIpc) is 2.95. The molecular weight excluding hydrogens is 319 g/mol. The molecule has 3 nitrogen and oxygen atoms in total. The smallest absolute Gasteiger partial charge is 0.387 e. The summed E-state index contributed by atoms with van der Waals surface area (Å²) in [7, 11) is 0. The van der Waals surface area contributed by atoms with E-state index in [4.69, 9.17) is 0 Å². The Kier molecular flexibility index (Phi) is 5.06. The number of aryl methyl sites for hydroxylation is 1. The lowest BCUT2D eigenvalue weighted by molar-refractivity contribution is -0.0498. The minimum atomic E-state index is -2.87. The summed E-state index contributed by atoms with van der Waals surface area (Å²) in [6, 6.07) is 10.7. The number of ether oxygens (including phenoxy) is 1. The summed E-state index contributed by atoms with van der Waals surface area (Å²) in [5.74, 6) is -0.216. The minimum absolute atomic E-state index is 0.00629. The zero-order valence-corrected chi connectivity index (χ0v) is 12.9. The van der Waals surface area contributed by atoms with Crippen LogP contribution < -0.4 is 10.1 Å². The highest BCUT2D eigenvalue weighted by molar-refractivity contribution is 5.35. The molecule has 1 aliphatic carbocycles. The predicted molar refractivity (Wildman–Crippen MR) is 83.5 cm³/mol. The summed E-state index contributed by atoms with van der Waals surface area (Å²) in [4.78, 5) is 0. The second kappa shape index (κ2) is 7.23. The van der Waals surface area contributed by atoms with Crippen molar-refractivity contribution in [3.05, 3.63) is 65.0 Å². The van der Waals surface area contributed by atoms with E-state index in [0.29, 0.717) is 5.56 Å². The van der Waals surface area contributed by atoms with Crippen molar-refractivity contribution >= 4 is 0 Å². The van der Waals surface area contributed by atoms with E-state index < -0.39 is 12.7 Å². The van der Waals surface area contributed by atoms with Crippen LogP contribution in [0.15, 0.2) is 42.5 Å². The van der Waals surface area contributed by atoms with Crippen molar-refractivity contribution in [2.75, 3.05) is 6.54 Å². The van der Waals surface area contributed by atoms with Gasteiger partial charge in [0, 0.05) is 12.6 Å². The largest absolute Gasteiger partial charge is 0.435 e. The fourth-order valence-corrected chi connectivity index (χ4v) is 3.03. The van der Waals surface area contributed by atoms with Gasteiger partial charge in [0.2, 0.25) is 0 Å². The molecule has 0 saturated heterocycles. The zero-order valence-electron chi connectivity index (χ0n) is 12.9. The van der Waals surface area contributed by atoms with Crippen LogP contribution in [-0.4, -0.2) is 18.3 Å². The summed E-state index contributed by atoms with van der Waals surface area (Å²) in [5, 5.41) is 13.5. The second-order valence-corrected chi connectivity index (χ2v) is 5.81. The Morgan fingerprint density at radius 2 is 1.92 bits per heavy atom. The van der Waals surface area contributed by atoms with Crippen molar-refractivity contribution < 1.29 is 23.0 Å². The van der Waals surface area contributed by atoms with E-state index in [0.717, 1.165) is 24.0 Å². The van der Waals surface area contributed by atoms with Crippen LogP contribution in [-0.2, 0) is 6.42 Å². The first-order valence-corrected chi connectivity index (χ1v) is 7.77. The van der Waals surface area contributed by atoms with E-state index >= 15 is 0 Å². The number of fused-ring (bicyclic) bond motifs is 1. The summed E-state index contributed by atoms with van der Waals surface area (Å²) >= 11 is 0. The molecule has 0 saturated carbocycles. The van der Waals surface area contributed by atoms with Crippen molar-refractivity contribution in [1.82, 2.24) is 5.32 Å². The highest BCUT2D eigenvalue weighted by atomic mass is 19.3. The van der Waals surface area contributed by atoms with E-state index in [-0.39, 0.29) is 24.2 Å². The Morgan fingerprint density at radius 1 is 1.17 bits per heavy atom. The Bertz CT molecular complexity index is 691. The van der Waals surface area contributed by atoms with Crippen molar-refractivity contribution in [3.8, 4) is 5.75 Å². The molecular formula is C18H18F3NO2. The van der Waals surface area contributed by atoms with Gasteiger partial charge in [-0.25, -0.2) is 4.39 Å². The van der Waals surface area contributed by atoms with Gasteiger partial charge in [-0.2, -0.15) is 8.78 Å². The molecule has 0 aromatic heterocycles. The molecule has 1 aliphatic rings. The van der Waals surface area contributed by atoms with Crippen molar-refractivity contribution in [1.29, 1.82) is 0 Å². The lowest BCUT2D eigenvalue weighted by Crippen LogP contribution is -2.25. The predicted octanol–water partition coefficient (Wildman–Crippen LogP) is 3.74. The van der Waals surface area contributed by atoms with Gasteiger partial charge in [0.15, 0.2) is 0 Å². The minimum Gasteiger partial charge on any atom is -0.435 e. The number of aliphatic hydroxyl groups is 1. The van der Waals surface area contributed by atoms with Crippen molar-refractivity contribution in [3.63, 3.8) is 0 Å². The van der Waals surface area contributed by atoms with Gasteiger partial charge in [-0.15, -0.1) is 0 Å². The molecule has 3 rings (SSSR count). The molecule has 2 atom stereocenters. The summed E-state index contributed by atoms with van der Waals surface area (Å²) in [6.07, 6.45) is 0.943. The topological polar surface area (TPSA) is 41.5 Å². The third-order valence-corrected chi connectivity index (χ3v) is 4.23. The van der Waals surface area contributed by atoms with Crippen LogP contribution in [0.1, 0.15) is 35.3 Å². The van der Waals surface area contributed by atoms with E-state index in [1.54, 1.807) is 18.2 Å². The summed E-state index contributed by atoms with van der Waals surface area (Å²) in [6.45, 7) is -2.58.